The highest BCUT2D eigenvalue weighted by atomic mass is 28.3. The van der Waals surface area contributed by atoms with Crippen LogP contribution in [0.5, 0.6) is 0 Å². The van der Waals surface area contributed by atoms with Gasteiger partial charge in [0.2, 0.25) is 0 Å². The SMILES string of the molecule is C[Si](C)(C)CCO[C@@H]1O[C@H](COCc2ccccc2)[C@H](O)[C@@](O)(Cc2ccccc2)[C@H]1Cc1ccccc1. The smallest absolute Gasteiger partial charge is 0.164 e. The molecule has 1 saturated heterocycles. The van der Waals surface area contributed by atoms with Crippen LogP contribution in [0.2, 0.25) is 25.7 Å². The predicted molar refractivity (Wildman–Crippen MR) is 154 cm³/mol. The molecule has 0 aliphatic carbocycles. The first-order chi connectivity index (χ1) is 18.2. The second-order valence-corrected chi connectivity index (χ2v) is 17.2. The average molecular weight is 535 g/mol. The van der Waals surface area contributed by atoms with E-state index in [1.54, 1.807) is 0 Å². The van der Waals surface area contributed by atoms with Crippen molar-refractivity contribution in [1.29, 1.82) is 0 Å². The van der Waals surface area contributed by atoms with Crippen molar-refractivity contribution in [1.82, 2.24) is 0 Å². The second kappa shape index (κ2) is 13.2. The van der Waals surface area contributed by atoms with E-state index in [9.17, 15) is 10.2 Å². The Kier molecular flexibility index (Phi) is 9.93. The lowest BCUT2D eigenvalue weighted by Crippen LogP contribution is -2.66. The summed E-state index contributed by atoms with van der Waals surface area (Å²) in [7, 11) is -1.34. The molecule has 204 valence electrons. The van der Waals surface area contributed by atoms with Crippen molar-refractivity contribution >= 4 is 8.07 Å². The standard InChI is InChI=1S/C32H42O5Si/c1-38(2,3)20-19-36-31-28(21-25-13-7-4-8-14-25)32(34,22-26-15-9-5-10-16-26)30(33)29(37-31)24-35-23-27-17-11-6-12-18-27/h4-18,28-31,33-34H,19-24H2,1-3H3/t28-,29+,30-,31+,32+/m0/s1. The fraction of sp³-hybridized carbons (Fsp3) is 0.438. The molecule has 5 atom stereocenters. The molecule has 0 radical (unpaired) electrons. The number of aliphatic hydroxyl groups excluding tert-OH is 1. The van der Waals surface area contributed by atoms with E-state index >= 15 is 0 Å². The van der Waals surface area contributed by atoms with E-state index in [1.807, 2.05) is 91.0 Å². The van der Waals surface area contributed by atoms with Gasteiger partial charge in [-0.05, 0) is 29.2 Å². The molecule has 5 nitrogen and oxygen atoms in total. The molecule has 0 bridgehead atoms. The van der Waals surface area contributed by atoms with Gasteiger partial charge in [0.15, 0.2) is 6.29 Å². The minimum Gasteiger partial charge on any atom is -0.387 e. The molecule has 3 aromatic rings. The fourth-order valence-corrected chi connectivity index (χ4v) is 5.78. The molecule has 0 unspecified atom stereocenters. The zero-order valence-corrected chi connectivity index (χ0v) is 23.8. The topological polar surface area (TPSA) is 68.2 Å². The Balaban J connectivity index is 1.60. The van der Waals surface area contributed by atoms with Gasteiger partial charge in [0, 0.05) is 27.0 Å². The van der Waals surface area contributed by atoms with Crippen molar-refractivity contribution in [2.45, 2.75) is 69.2 Å². The summed E-state index contributed by atoms with van der Waals surface area (Å²) in [6.45, 7) is 8.05. The van der Waals surface area contributed by atoms with Crippen LogP contribution in [0, 0.1) is 5.92 Å². The molecule has 0 aromatic heterocycles. The van der Waals surface area contributed by atoms with Gasteiger partial charge >= 0.3 is 0 Å². The number of hydrogen-bond acceptors (Lipinski definition) is 5. The molecular formula is C32H42O5Si. The van der Waals surface area contributed by atoms with E-state index in [-0.39, 0.29) is 6.61 Å². The number of hydrogen-bond donors (Lipinski definition) is 2. The zero-order valence-electron chi connectivity index (χ0n) is 22.8. The highest BCUT2D eigenvalue weighted by Crippen LogP contribution is 2.40. The first-order valence-electron chi connectivity index (χ1n) is 13.6. The van der Waals surface area contributed by atoms with Crippen LogP contribution in [-0.4, -0.2) is 55.6 Å². The maximum Gasteiger partial charge on any atom is 0.164 e. The van der Waals surface area contributed by atoms with Gasteiger partial charge < -0.3 is 24.4 Å². The summed E-state index contributed by atoms with van der Waals surface area (Å²) in [4.78, 5) is 0. The highest BCUT2D eigenvalue weighted by molar-refractivity contribution is 6.76. The Morgan fingerprint density at radius 1 is 0.816 bits per heavy atom. The third-order valence-electron chi connectivity index (χ3n) is 7.30. The summed E-state index contributed by atoms with van der Waals surface area (Å²) in [5.74, 6) is -0.466. The number of rotatable bonds is 12. The minimum atomic E-state index is -1.47. The van der Waals surface area contributed by atoms with Gasteiger partial charge in [-0.3, -0.25) is 0 Å². The van der Waals surface area contributed by atoms with Crippen molar-refractivity contribution in [3.05, 3.63) is 108 Å². The van der Waals surface area contributed by atoms with Crippen LogP contribution in [0.4, 0.5) is 0 Å². The van der Waals surface area contributed by atoms with Crippen LogP contribution >= 0.6 is 0 Å². The summed E-state index contributed by atoms with van der Waals surface area (Å²) in [5.41, 5.74) is 1.60. The average Bonchev–Trinajstić information content (AvgIpc) is 2.90. The Bertz CT molecular complexity index is 1090. The minimum absolute atomic E-state index is 0.152. The third kappa shape index (κ3) is 7.85. The molecule has 4 rings (SSSR count). The first kappa shape index (κ1) is 28.7. The monoisotopic (exact) mass is 534 g/mol. The van der Waals surface area contributed by atoms with E-state index in [0.29, 0.717) is 26.1 Å². The third-order valence-corrected chi connectivity index (χ3v) is 9.00. The predicted octanol–water partition coefficient (Wildman–Crippen LogP) is 5.48. The lowest BCUT2D eigenvalue weighted by Gasteiger charge is -2.50. The van der Waals surface area contributed by atoms with Gasteiger partial charge in [-0.25, -0.2) is 0 Å². The molecule has 6 heteroatoms. The zero-order chi connectivity index (χ0) is 27.0. The van der Waals surface area contributed by atoms with Crippen molar-refractivity contribution in [2.24, 2.45) is 5.92 Å². The van der Waals surface area contributed by atoms with Gasteiger partial charge in [0.05, 0.1) is 13.2 Å². The van der Waals surface area contributed by atoms with Crippen LogP contribution in [-0.2, 0) is 33.7 Å². The quantitative estimate of drug-likeness (QED) is 0.301. The van der Waals surface area contributed by atoms with Crippen molar-refractivity contribution < 1.29 is 24.4 Å². The van der Waals surface area contributed by atoms with Gasteiger partial charge in [0.25, 0.3) is 0 Å². The van der Waals surface area contributed by atoms with Gasteiger partial charge in [-0.2, -0.15) is 0 Å². The summed E-state index contributed by atoms with van der Waals surface area (Å²) < 4.78 is 18.8. The maximum atomic E-state index is 12.4. The Hall–Kier alpha value is -2.32. The highest BCUT2D eigenvalue weighted by Gasteiger charge is 2.55. The molecule has 0 spiro atoms. The molecule has 1 heterocycles. The van der Waals surface area contributed by atoms with E-state index in [2.05, 4.69) is 19.6 Å². The lowest BCUT2D eigenvalue weighted by molar-refractivity contribution is -0.318. The lowest BCUT2D eigenvalue weighted by atomic mass is 9.71. The van der Waals surface area contributed by atoms with E-state index in [0.717, 1.165) is 22.7 Å². The van der Waals surface area contributed by atoms with Crippen LogP contribution < -0.4 is 0 Å². The molecule has 0 amide bonds. The van der Waals surface area contributed by atoms with Crippen molar-refractivity contribution in [3.63, 3.8) is 0 Å². The fourth-order valence-electron chi connectivity index (χ4n) is 5.05. The number of ether oxygens (including phenoxy) is 3. The van der Waals surface area contributed by atoms with Crippen LogP contribution in [0.3, 0.4) is 0 Å². The Morgan fingerprint density at radius 2 is 1.37 bits per heavy atom. The summed E-state index contributed by atoms with van der Waals surface area (Å²) >= 11 is 0. The van der Waals surface area contributed by atoms with Gasteiger partial charge in [-0.1, -0.05) is 111 Å². The molecule has 1 aliphatic rings. The Morgan fingerprint density at radius 3 is 1.95 bits per heavy atom. The van der Waals surface area contributed by atoms with Crippen molar-refractivity contribution in [3.8, 4) is 0 Å². The van der Waals surface area contributed by atoms with Crippen LogP contribution in [0.1, 0.15) is 16.7 Å². The van der Waals surface area contributed by atoms with E-state index in [4.69, 9.17) is 14.2 Å². The van der Waals surface area contributed by atoms with Crippen LogP contribution in [0.15, 0.2) is 91.0 Å². The molecule has 38 heavy (non-hydrogen) atoms. The van der Waals surface area contributed by atoms with E-state index < -0.39 is 38.1 Å². The molecule has 2 N–H and O–H groups in total. The normalized spacial score (nSPS) is 25.8. The van der Waals surface area contributed by atoms with Gasteiger partial charge in [0.1, 0.15) is 17.8 Å². The Labute approximate surface area is 228 Å². The number of aliphatic hydroxyl groups is 2. The first-order valence-corrected chi connectivity index (χ1v) is 17.3. The number of benzene rings is 3. The largest absolute Gasteiger partial charge is 0.387 e. The molecular weight excluding hydrogens is 492 g/mol. The molecule has 1 aliphatic heterocycles. The summed E-state index contributed by atoms with van der Waals surface area (Å²) in [6.07, 6.45) is -1.73. The summed E-state index contributed by atoms with van der Waals surface area (Å²) in [5, 5.41) is 24.0. The van der Waals surface area contributed by atoms with Crippen LogP contribution in [0.25, 0.3) is 0 Å². The van der Waals surface area contributed by atoms with Crippen molar-refractivity contribution in [2.75, 3.05) is 13.2 Å². The molecule has 3 aromatic carbocycles. The second-order valence-electron chi connectivity index (χ2n) is 11.6. The molecule has 0 saturated carbocycles. The maximum absolute atomic E-state index is 12.4. The summed E-state index contributed by atoms with van der Waals surface area (Å²) in [6, 6.07) is 30.8. The van der Waals surface area contributed by atoms with Gasteiger partial charge in [-0.15, -0.1) is 0 Å². The molecule has 1 fully saturated rings. The van der Waals surface area contributed by atoms with E-state index in [1.165, 1.54) is 0 Å².